The number of benzene rings is 2. The maximum absolute atomic E-state index is 12.5. The molecule has 3 amide bonds. The molecule has 0 atom stereocenters. The molecule has 8 heteroatoms. The fourth-order valence-electron chi connectivity index (χ4n) is 2.45. The summed E-state index contributed by atoms with van der Waals surface area (Å²) in [7, 11) is 0. The first-order valence-corrected chi connectivity index (χ1v) is 7.04. The molecule has 0 radical (unpaired) electrons. The number of carbonyl (C=O) groups excluding carboxylic acids is 3. The van der Waals surface area contributed by atoms with Crippen molar-refractivity contribution in [2.24, 2.45) is 5.73 Å². The number of carboxylic acids is 1. The molecule has 0 bridgehead atoms. The van der Waals surface area contributed by atoms with Gasteiger partial charge in [-0.15, -0.1) is 0 Å². The van der Waals surface area contributed by atoms with E-state index in [1.807, 2.05) is 0 Å². The van der Waals surface area contributed by atoms with E-state index in [0.717, 1.165) is 11.0 Å². The fraction of sp³-hybridized carbons (Fsp3) is 0. The molecule has 7 nitrogen and oxygen atoms in total. The molecule has 0 spiro atoms. The van der Waals surface area contributed by atoms with Gasteiger partial charge in [-0.25, -0.2) is 9.69 Å². The summed E-state index contributed by atoms with van der Waals surface area (Å²) in [5, 5.41) is 9.10. The SMILES string of the molecule is NC(=O)c1cc(N2C(=O)c3ccc(C(=O)O)cc3C2=O)ccc1Cl. The number of carbonyl (C=O) groups is 4. The molecule has 24 heavy (non-hydrogen) atoms. The summed E-state index contributed by atoms with van der Waals surface area (Å²) in [6, 6.07) is 7.65. The second-order valence-corrected chi connectivity index (χ2v) is 5.45. The number of amides is 3. The summed E-state index contributed by atoms with van der Waals surface area (Å²) in [4.78, 5) is 48.2. The van der Waals surface area contributed by atoms with E-state index in [2.05, 4.69) is 0 Å². The molecule has 0 fully saturated rings. The number of rotatable bonds is 3. The average Bonchev–Trinajstić information content (AvgIpc) is 2.79. The summed E-state index contributed by atoms with van der Waals surface area (Å²) in [5.41, 5.74) is 5.26. The third-order valence-corrected chi connectivity index (χ3v) is 3.94. The molecule has 0 unspecified atom stereocenters. The van der Waals surface area contributed by atoms with Crippen molar-refractivity contribution in [3.8, 4) is 0 Å². The van der Waals surface area contributed by atoms with Crippen LogP contribution in [0.3, 0.4) is 0 Å². The smallest absolute Gasteiger partial charge is 0.335 e. The van der Waals surface area contributed by atoms with E-state index in [0.29, 0.717) is 0 Å². The topological polar surface area (TPSA) is 118 Å². The molecule has 3 rings (SSSR count). The molecule has 1 aliphatic rings. The van der Waals surface area contributed by atoms with Crippen molar-refractivity contribution in [1.82, 2.24) is 0 Å². The second-order valence-electron chi connectivity index (χ2n) is 5.04. The number of primary amides is 1. The monoisotopic (exact) mass is 344 g/mol. The highest BCUT2D eigenvalue weighted by atomic mass is 35.5. The van der Waals surface area contributed by atoms with Crippen LogP contribution in [0.25, 0.3) is 0 Å². The lowest BCUT2D eigenvalue weighted by molar-refractivity contribution is 0.0696. The van der Waals surface area contributed by atoms with Crippen LogP contribution in [0.15, 0.2) is 36.4 Å². The molecule has 2 aromatic carbocycles. The molecular weight excluding hydrogens is 336 g/mol. The van der Waals surface area contributed by atoms with Gasteiger partial charge in [0.05, 0.1) is 33.0 Å². The second kappa shape index (κ2) is 5.47. The van der Waals surface area contributed by atoms with Crippen molar-refractivity contribution in [3.05, 3.63) is 63.7 Å². The number of carboxylic acid groups (broad SMARTS) is 1. The van der Waals surface area contributed by atoms with Crippen LogP contribution in [-0.4, -0.2) is 28.8 Å². The number of halogens is 1. The van der Waals surface area contributed by atoms with E-state index in [4.69, 9.17) is 22.4 Å². The largest absolute Gasteiger partial charge is 0.478 e. The Hall–Kier alpha value is -3.19. The molecule has 0 aliphatic carbocycles. The molecule has 120 valence electrons. The molecule has 0 saturated carbocycles. The Labute approximate surface area is 140 Å². The Bertz CT molecular complexity index is 938. The van der Waals surface area contributed by atoms with Crippen LogP contribution in [0.1, 0.15) is 41.4 Å². The van der Waals surface area contributed by atoms with Crippen molar-refractivity contribution in [2.75, 3.05) is 4.90 Å². The van der Waals surface area contributed by atoms with Crippen molar-refractivity contribution in [1.29, 1.82) is 0 Å². The van der Waals surface area contributed by atoms with E-state index in [9.17, 15) is 19.2 Å². The Morgan fingerprint density at radius 2 is 1.67 bits per heavy atom. The highest BCUT2D eigenvalue weighted by molar-refractivity contribution is 6.36. The third-order valence-electron chi connectivity index (χ3n) is 3.61. The van der Waals surface area contributed by atoms with Crippen molar-refractivity contribution in [3.63, 3.8) is 0 Å². The Balaban J connectivity index is 2.10. The third kappa shape index (κ3) is 2.31. The molecule has 0 aromatic heterocycles. The minimum Gasteiger partial charge on any atom is -0.478 e. The van der Waals surface area contributed by atoms with Gasteiger partial charge in [-0.3, -0.25) is 14.4 Å². The summed E-state index contributed by atoms with van der Waals surface area (Å²) >= 11 is 5.86. The first kappa shape index (κ1) is 15.7. The summed E-state index contributed by atoms with van der Waals surface area (Å²) in [5.74, 6) is -3.31. The van der Waals surface area contributed by atoms with Gasteiger partial charge in [0.2, 0.25) is 5.91 Å². The van der Waals surface area contributed by atoms with Crippen LogP contribution >= 0.6 is 11.6 Å². The van der Waals surface area contributed by atoms with Crippen LogP contribution in [0.4, 0.5) is 5.69 Å². The van der Waals surface area contributed by atoms with Gasteiger partial charge in [0.25, 0.3) is 11.8 Å². The van der Waals surface area contributed by atoms with E-state index < -0.39 is 23.7 Å². The summed E-state index contributed by atoms with van der Waals surface area (Å²) in [6.45, 7) is 0. The lowest BCUT2D eigenvalue weighted by atomic mass is 10.1. The van der Waals surface area contributed by atoms with Gasteiger partial charge in [0.1, 0.15) is 0 Å². The van der Waals surface area contributed by atoms with Gasteiger partial charge in [-0.1, -0.05) is 11.6 Å². The van der Waals surface area contributed by atoms with Crippen LogP contribution in [-0.2, 0) is 0 Å². The standard InChI is InChI=1S/C16H9ClN2O5/c17-12-4-2-8(6-11(12)13(18)20)19-14(21)9-3-1-7(16(23)24)5-10(9)15(19)22/h1-6H,(H2,18,20)(H,23,24). The van der Waals surface area contributed by atoms with Gasteiger partial charge in [-0.2, -0.15) is 0 Å². The Kier molecular flexibility index (Phi) is 3.57. The zero-order valence-electron chi connectivity index (χ0n) is 11.9. The number of hydrogen-bond acceptors (Lipinski definition) is 4. The average molecular weight is 345 g/mol. The number of anilines is 1. The zero-order valence-corrected chi connectivity index (χ0v) is 12.7. The van der Waals surface area contributed by atoms with Gasteiger partial charge in [0.15, 0.2) is 0 Å². The molecule has 1 aliphatic heterocycles. The zero-order chi connectivity index (χ0) is 17.6. The fourth-order valence-corrected chi connectivity index (χ4v) is 2.66. The van der Waals surface area contributed by atoms with E-state index >= 15 is 0 Å². The van der Waals surface area contributed by atoms with Gasteiger partial charge < -0.3 is 10.8 Å². The lowest BCUT2D eigenvalue weighted by Crippen LogP contribution is -2.29. The number of aromatic carboxylic acids is 1. The molecule has 2 aromatic rings. The summed E-state index contributed by atoms with van der Waals surface area (Å²) in [6.07, 6.45) is 0. The highest BCUT2D eigenvalue weighted by Gasteiger charge is 2.37. The molecule has 0 saturated heterocycles. The number of hydrogen-bond donors (Lipinski definition) is 2. The predicted molar refractivity (Wildman–Crippen MR) is 84.5 cm³/mol. The Morgan fingerprint density at radius 1 is 1.00 bits per heavy atom. The van der Waals surface area contributed by atoms with Gasteiger partial charge in [-0.05, 0) is 36.4 Å². The van der Waals surface area contributed by atoms with Crippen LogP contribution in [0.5, 0.6) is 0 Å². The molecular formula is C16H9ClN2O5. The number of nitrogens with zero attached hydrogens (tertiary/aromatic N) is 1. The lowest BCUT2D eigenvalue weighted by Gasteiger charge is -2.15. The first-order chi connectivity index (χ1) is 11.3. The number of fused-ring (bicyclic) bond motifs is 1. The minimum atomic E-state index is -1.21. The molecule has 1 heterocycles. The van der Waals surface area contributed by atoms with Crippen molar-refractivity contribution in [2.45, 2.75) is 0 Å². The normalized spacial score (nSPS) is 13.1. The van der Waals surface area contributed by atoms with Crippen molar-refractivity contribution < 1.29 is 24.3 Å². The van der Waals surface area contributed by atoms with Crippen LogP contribution < -0.4 is 10.6 Å². The van der Waals surface area contributed by atoms with E-state index in [1.165, 1.54) is 30.3 Å². The first-order valence-electron chi connectivity index (χ1n) is 6.66. The number of nitrogens with two attached hydrogens (primary N) is 1. The Morgan fingerprint density at radius 3 is 2.29 bits per heavy atom. The number of imide groups is 1. The van der Waals surface area contributed by atoms with E-state index in [1.54, 1.807) is 0 Å². The maximum atomic E-state index is 12.5. The van der Waals surface area contributed by atoms with Crippen molar-refractivity contribution >= 4 is 41.0 Å². The van der Waals surface area contributed by atoms with Crippen LogP contribution in [0, 0.1) is 0 Å². The van der Waals surface area contributed by atoms with Gasteiger partial charge in [0, 0.05) is 0 Å². The molecule has 3 N–H and O–H groups in total. The van der Waals surface area contributed by atoms with Gasteiger partial charge >= 0.3 is 5.97 Å². The quantitative estimate of drug-likeness (QED) is 0.825. The highest BCUT2D eigenvalue weighted by Crippen LogP contribution is 2.31. The predicted octanol–water partition coefficient (Wildman–Crippen LogP) is 1.94. The van der Waals surface area contributed by atoms with E-state index in [-0.39, 0.29) is 33.0 Å². The minimum absolute atomic E-state index is 0.0181. The summed E-state index contributed by atoms with van der Waals surface area (Å²) < 4.78 is 0. The maximum Gasteiger partial charge on any atom is 0.335 e. The van der Waals surface area contributed by atoms with Crippen LogP contribution in [0.2, 0.25) is 5.02 Å².